The van der Waals surface area contributed by atoms with Crippen LogP contribution in [0.5, 0.6) is 5.75 Å². The van der Waals surface area contributed by atoms with Crippen LogP contribution in [0, 0.1) is 11.8 Å². The fraction of sp³-hybridized carbons (Fsp3) is 0.333. The number of primary amides is 1. The first kappa shape index (κ1) is 22.8. The van der Waals surface area contributed by atoms with E-state index < -0.39 is 18.0 Å². The molecule has 0 aliphatic rings. The third-order valence-corrected chi connectivity index (χ3v) is 3.18. The summed E-state index contributed by atoms with van der Waals surface area (Å²) in [5, 5.41) is 10.7. The predicted octanol–water partition coefficient (Wildman–Crippen LogP) is 2.34. The molecule has 0 aliphatic heterocycles. The Morgan fingerprint density at radius 2 is 1.85 bits per heavy atom. The number of hydrogen-bond donors (Lipinski definition) is 3. The maximum atomic E-state index is 11.3. The maximum Gasteiger partial charge on any atom is 0.339 e. The van der Waals surface area contributed by atoms with Crippen LogP contribution in [0.1, 0.15) is 37.6 Å². The number of ether oxygens (including phenoxy) is 1. The molecule has 0 aromatic heterocycles. The number of imide groups is 1. The van der Waals surface area contributed by atoms with Crippen LogP contribution in [-0.2, 0) is 9.59 Å². The number of urea groups is 1. The van der Waals surface area contributed by atoms with Crippen molar-refractivity contribution in [2.45, 2.75) is 27.2 Å². The van der Waals surface area contributed by atoms with Gasteiger partial charge in [-0.3, -0.25) is 14.9 Å². The van der Waals surface area contributed by atoms with Gasteiger partial charge in [0, 0.05) is 12.8 Å². The van der Waals surface area contributed by atoms with Gasteiger partial charge in [-0.05, 0) is 24.5 Å². The van der Waals surface area contributed by atoms with Gasteiger partial charge in [0.05, 0.1) is 0 Å². The lowest BCUT2D eigenvalue weighted by molar-refractivity contribution is -0.132. The van der Waals surface area contributed by atoms with Crippen LogP contribution in [0.2, 0.25) is 0 Å². The minimum Gasteiger partial charge on any atom is -0.478 e. The Hall–Kier alpha value is -3.16. The van der Waals surface area contributed by atoms with E-state index in [2.05, 4.69) is 16.6 Å². The number of nitrogens with two attached hydrogens (primary N) is 1. The molecule has 0 saturated heterocycles. The Labute approximate surface area is 152 Å². The Morgan fingerprint density at radius 3 is 2.27 bits per heavy atom. The van der Waals surface area contributed by atoms with Crippen molar-refractivity contribution in [2.75, 3.05) is 0 Å². The lowest BCUT2D eigenvalue weighted by Gasteiger charge is -2.16. The van der Waals surface area contributed by atoms with Gasteiger partial charge in [-0.25, -0.2) is 9.59 Å². The second-order valence-corrected chi connectivity index (χ2v) is 5.62. The number of rotatable bonds is 6. The molecule has 1 aromatic carbocycles. The molecule has 0 fully saturated rings. The van der Waals surface area contributed by atoms with Crippen molar-refractivity contribution in [3.05, 3.63) is 42.5 Å². The van der Waals surface area contributed by atoms with E-state index in [1.807, 2.05) is 13.8 Å². The second-order valence-electron chi connectivity index (χ2n) is 5.62. The number of hydrogen-bond acceptors (Lipinski definition) is 5. The van der Waals surface area contributed by atoms with E-state index in [9.17, 15) is 19.2 Å². The zero-order valence-corrected chi connectivity index (χ0v) is 15.0. The molecule has 8 heteroatoms. The van der Waals surface area contributed by atoms with Crippen LogP contribution in [0.3, 0.4) is 0 Å². The smallest absolute Gasteiger partial charge is 0.339 e. The third kappa shape index (κ3) is 8.62. The molecule has 8 nitrogen and oxygen atoms in total. The lowest BCUT2D eigenvalue weighted by atomic mass is 9.92. The number of carboxylic acids is 1. The summed E-state index contributed by atoms with van der Waals surface area (Å²) in [5.74, 6) is -1.97. The largest absolute Gasteiger partial charge is 0.478 e. The normalized spacial score (nSPS) is 10.8. The van der Waals surface area contributed by atoms with Crippen LogP contribution in [-0.4, -0.2) is 29.0 Å². The van der Waals surface area contributed by atoms with Crippen molar-refractivity contribution in [3.63, 3.8) is 0 Å². The van der Waals surface area contributed by atoms with E-state index in [-0.39, 0.29) is 29.1 Å². The number of carbonyl (C=O) groups is 4. The van der Waals surface area contributed by atoms with Gasteiger partial charge >= 0.3 is 18.0 Å². The number of para-hydroxylation sites is 1. The average molecular weight is 364 g/mol. The Balaban J connectivity index is 0.000000481. The summed E-state index contributed by atoms with van der Waals surface area (Å²) < 4.78 is 4.69. The summed E-state index contributed by atoms with van der Waals surface area (Å²) >= 11 is 0. The van der Waals surface area contributed by atoms with E-state index in [0.717, 1.165) is 0 Å². The van der Waals surface area contributed by atoms with Crippen molar-refractivity contribution in [3.8, 4) is 5.75 Å². The van der Waals surface area contributed by atoms with Gasteiger partial charge in [0.15, 0.2) is 0 Å². The summed E-state index contributed by atoms with van der Waals surface area (Å²) in [5.41, 5.74) is 4.81. The van der Waals surface area contributed by atoms with Gasteiger partial charge in [-0.2, -0.15) is 0 Å². The fourth-order valence-corrected chi connectivity index (χ4v) is 1.96. The van der Waals surface area contributed by atoms with Crippen molar-refractivity contribution in [1.29, 1.82) is 0 Å². The quantitative estimate of drug-likeness (QED) is 0.403. The predicted molar refractivity (Wildman–Crippen MR) is 95.6 cm³/mol. The molecule has 0 heterocycles. The van der Waals surface area contributed by atoms with Crippen molar-refractivity contribution >= 4 is 23.9 Å². The highest BCUT2D eigenvalue weighted by atomic mass is 16.5. The molecule has 1 aromatic rings. The molecule has 3 amide bonds. The number of aromatic carboxylic acids is 1. The summed E-state index contributed by atoms with van der Waals surface area (Å²) in [6.45, 7) is 8.59. The molecule has 0 aliphatic carbocycles. The van der Waals surface area contributed by atoms with Crippen molar-refractivity contribution in [1.82, 2.24) is 5.32 Å². The number of carbonyl (C=O) groups excluding carboxylic acids is 3. The van der Waals surface area contributed by atoms with Crippen LogP contribution in [0.25, 0.3) is 0 Å². The first-order chi connectivity index (χ1) is 12.1. The minimum atomic E-state index is -1.11. The van der Waals surface area contributed by atoms with E-state index in [1.54, 1.807) is 18.2 Å². The summed E-state index contributed by atoms with van der Waals surface area (Å²) in [6, 6.07) is 5.17. The molecule has 26 heavy (non-hydrogen) atoms. The average Bonchev–Trinajstić information content (AvgIpc) is 2.51. The monoisotopic (exact) mass is 364 g/mol. The molecule has 0 spiro atoms. The van der Waals surface area contributed by atoms with E-state index >= 15 is 0 Å². The van der Waals surface area contributed by atoms with E-state index in [4.69, 9.17) is 10.8 Å². The number of allylic oxidation sites excluding steroid dienone is 1. The zero-order chi connectivity index (χ0) is 20.3. The zero-order valence-electron chi connectivity index (χ0n) is 15.0. The second kappa shape index (κ2) is 11.4. The lowest BCUT2D eigenvalue weighted by Crippen LogP contribution is -2.40. The first-order valence-corrected chi connectivity index (χ1v) is 7.82. The number of esters is 1. The van der Waals surface area contributed by atoms with Gasteiger partial charge in [-0.15, -0.1) is 6.58 Å². The molecule has 0 bridgehead atoms. The Morgan fingerprint density at radius 1 is 1.27 bits per heavy atom. The highest BCUT2D eigenvalue weighted by Gasteiger charge is 2.21. The van der Waals surface area contributed by atoms with Crippen molar-refractivity contribution in [2.24, 2.45) is 17.6 Å². The molecule has 1 rings (SSSR count). The van der Waals surface area contributed by atoms with Gasteiger partial charge in [0.1, 0.15) is 11.3 Å². The molecule has 142 valence electrons. The van der Waals surface area contributed by atoms with Crippen LogP contribution in [0.15, 0.2) is 36.9 Å². The Bertz CT molecular complexity index is 669. The van der Waals surface area contributed by atoms with Crippen molar-refractivity contribution < 1.29 is 29.0 Å². The number of amides is 3. The van der Waals surface area contributed by atoms with Gasteiger partial charge in [0.25, 0.3) is 0 Å². The molecule has 1 unspecified atom stereocenters. The van der Waals surface area contributed by atoms with E-state index in [1.165, 1.54) is 19.1 Å². The van der Waals surface area contributed by atoms with Crippen LogP contribution in [0.4, 0.5) is 4.79 Å². The topological polar surface area (TPSA) is 136 Å². The third-order valence-electron chi connectivity index (χ3n) is 3.18. The molecular weight excluding hydrogens is 340 g/mol. The molecular formula is C18H24N2O6. The maximum absolute atomic E-state index is 11.3. The SMILES string of the molecule is C=CCC(C(=O)NC(N)=O)C(C)C.CC(=O)Oc1ccccc1C(=O)O. The number of benzene rings is 1. The fourth-order valence-electron chi connectivity index (χ4n) is 1.96. The molecule has 0 radical (unpaired) electrons. The highest BCUT2D eigenvalue weighted by Crippen LogP contribution is 2.17. The van der Waals surface area contributed by atoms with Crippen LogP contribution >= 0.6 is 0 Å². The van der Waals surface area contributed by atoms with E-state index in [0.29, 0.717) is 6.42 Å². The molecule has 1 atom stereocenters. The van der Waals surface area contributed by atoms with Gasteiger partial charge in [-0.1, -0.05) is 32.1 Å². The molecule has 4 N–H and O–H groups in total. The first-order valence-electron chi connectivity index (χ1n) is 7.82. The number of carboxylic acid groups (broad SMARTS) is 1. The van der Waals surface area contributed by atoms with Crippen LogP contribution < -0.4 is 15.8 Å². The summed E-state index contributed by atoms with van der Waals surface area (Å²) in [4.78, 5) is 42.9. The number of nitrogens with one attached hydrogen (secondary N) is 1. The molecule has 0 saturated carbocycles. The highest BCUT2D eigenvalue weighted by molar-refractivity contribution is 5.94. The van der Waals surface area contributed by atoms with Gasteiger partial charge < -0.3 is 15.6 Å². The van der Waals surface area contributed by atoms with Gasteiger partial charge in [0.2, 0.25) is 5.91 Å². The minimum absolute atomic E-state index is 0.0160. The standard InChI is InChI=1S/C9H16N2O2.C9H8O4/c1-4-5-7(6(2)3)8(12)11-9(10)13;1-6(10)13-8-5-3-2-4-7(8)9(11)12/h4,6-7H,1,5H2,2-3H3,(H3,10,11,12,13);2-5H,1H3,(H,11,12). The Kier molecular flexibility index (Phi) is 10.0. The summed E-state index contributed by atoms with van der Waals surface area (Å²) in [7, 11) is 0. The summed E-state index contributed by atoms with van der Waals surface area (Å²) in [6.07, 6.45) is 2.21.